The first kappa shape index (κ1) is 16.8. The van der Waals surface area contributed by atoms with E-state index >= 15 is 0 Å². The lowest BCUT2D eigenvalue weighted by Crippen LogP contribution is -2.10. The van der Waals surface area contributed by atoms with Crippen LogP contribution in [0.2, 0.25) is 0 Å². The molecular weight excluding hydrogens is 326 g/mol. The van der Waals surface area contributed by atoms with Crippen LogP contribution in [0.15, 0.2) is 47.4 Å². The molecule has 3 rings (SSSR count). The number of H-pyrrole nitrogens is 1. The summed E-state index contributed by atoms with van der Waals surface area (Å²) in [7, 11) is 0. The standard InChI is InChI=1S/C18H16F2N4O/c1-2-14-8-17(25)24-18(23-14)11-3-6-16(21-9-11)22-10-12-7-13(19)4-5-15(12)20/h3-9H,2,10H2,1H3,(H,21,22)(H,23,24,25). The Morgan fingerprint density at radius 1 is 1.16 bits per heavy atom. The predicted octanol–water partition coefficient (Wildman–Crippen LogP) is 3.28. The second-order valence-corrected chi connectivity index (χ2v) is 5.46. The van der Waals surface area contributed by atoms with Crippen molar-refractivity contribution in [1.29, 1.82) is 0 Å². The molecule has 0 amide bonds. The maximum Gasteiger partial charge on any atom is 0.251 e. The van der Waals surface area contributed by atoms with E-state index in [0.29, 0.717) is 29.3 Å². The molecule has 5 nitrogen and oxygen atoms in total. The number of rotatable bonds is 5. The van der Waals surface area contributed by atoms with Gasteiger partial charge in [0.05, 0.1) is 0 Å². The summed E-state index contributed by atoms with van der Waals surface area (Å²) in [5, 5.41) is 2.93. The van der Waals surface area contributed by atoms with Gasteiger partial charge in [-0.3, -0.25) is 4.79 Å². The van der Waals surface area contributed by atoms with Crippen LogP contribution in [0.1, 0.15) is 18.2 Å². The van der Waals surface area contributed by atoms with Crippen LogP contribution in [0.3, 0.4) is 0 Å². The number of hydrogen-bond acceptors (Lipinski definition) is 4. The summed E-state index contributed by atoms with van der Waals surface area (Å²) in [5.41, 5.74) is 1.36. The van der Waals surface area contributed by atoms with E-state index in [9.17, 15) is 13.6 Å². The zero-order chi connectivity index (χ0) is 17.8. The van der Waals surface area contributed by atoms with Gasteiger partial charge < -0.3 is 10.3 Å². The van der Waals surface area contributed by atoms with Gasteiger partial charge in [0.1, 0.15) is 23.3 Å². The molecule has 7 heteroatoms. The first-order valence-electron chi connectivity index (χ1n) is 7.79. The molecule has 0 unspecified atom stereocenters. The Morgan fingerprint density at radius 3 is 2.72 bits per heavy atom. The van der Waals surface area contributed by atoms with Crippen molar-refractivity contribution in [2.75, 3.05) is 5.32 Å². The van der Waals surface area contributed by atoms with Crippen molar-refractivity contribution in [2.45, 2.75) is 19.9 Å². The fraction of sp³-hybridized carbons (Fsp3) is 0.167. The average molecular weight is 342 g/mol. The van der Waals surface area contributed by atoms with Crippen LogP contribution in [-0.2, 0) is 13.0 Å². The van der Waals surface area contributed by atoms with Crippen molar-refractivity contribution in [1.82, 2.24) is 15.0 Å². The summed E-state index contributed by atoms with van der Waals surface area (Å²) < 4.78 is 26.8. The average Bonchev–Trinajstić information content (AvgIpc) is 2.62. The Labute approximate surface area is 142 Å². The number of aromatic amines is 1. The van der Waals surface area contributed by atoms with Crippen LogP contribution in [0.25, 0.3) is 11.4 Å². The number of aromatic nitrogens is 3. The fourth-order valence-corrected chi connectivity index (χ4v) is 2.33. The first-order valence-corrected chi connectivity index (χ1v) is 7.79. The van der Waals surface area contributed by atoms with E-state index in [2.05, 4.69) is 20.3 Å². The van der Waals surface area contributed by atoms with Crippen LogP contribution in [-0.4, -0.2) is 15.0 Å². The highest BCUT2D eigenvalue weighted by Crippen LogP contribution is 2.16. The summed E-state index contributed by atoms with van der Waals surface area (Å²) in [6.07, 6.45) is 2.21. The van der Waals surface area contributed by atoms with Gasteiger partial charge in [-0.2, -0.15) is 0 Å². The van der Waals surface area contributed by atoms with Crippen LogP contribution < -0.4 is 10.9 Å². The predicted molar refractivity (Wildman–Crippen MR) is 91.2 cm³/mol. The Bertz CT molecular complexity index is 939. The van der Waals surface area contributed by atoms with Crippen molar-refractivity contribution >= 4 is 5.82 Å². The highest BCUT2D eigenvalue weighted by atomic mass is 19.1. The zero-order valence-electron chi connectivity index (χ0n) is 13.5. The normalized spacial score (nSPS) is 10.7. The molecular formula is C18H16F2N4O. The van der Waals surface area contributed by atoms with E-state index < -0.39 is 11.6 Å². The smallest absolute Gasteiger partial charge is 0.251 e. The van der Waals surface area contributed by atoms with Crippen molar-refractivity contribution in [3.63, 3.8) is 0 Å². The maximum absolute atomic E-state index is 13.6. The van der Waals surface area contributed by atoms with Crippen molar-refractivity contribution in [2.24, 2.45) is 0 Å². The lowest BCUT2D eigenvalue weighted by Gasteiger charge is -2.08. The van der Waals surface area contributed by atoms with E-state index in [0.717, 1.165) is 18.2 Å². The van der Waals surface area contributed by atoms with E-state index in [1.54, 1.807) is 18.3 Å². The summed E-state index contributed by atoms with van der Waals surface area (Å²) in [6, 6.07) is 8.19. The molecule has 0 fully saturated rings. The summed E-state index contributed by atoms with van der Waals surface area (Å²) in [5.74, 6) is -0.0306. The van der Waals surface area contributed by atoms with E-state index in [-0.39, 0.29) is 17.7 Å². The van der Waals surface area contributed by atoms with Crippen molar-refractivity contribution in [3.8, 4) is 11.4 Å². The molecule has 2 aromatic heterocycles. The third-order valence-corrected chi connectivity index (χ3v) is 3.66. The summed E-state index contributed by atoms with van der Waals surface area (Å²) in [4.78, 5) is 22.9. The second kappa shape index (κ2) is 7.21. The van der Waals surface area contributed by atoms with Gasteiger partial charge in [0.2, 0.25) is 0 Å². The fourth-order valence-electron chi connectivity index (χ4n) is 2.33. The minimum absolute atomic E-state index is 0.107. The quantitative estimate of drug-likeness (QED) is 0.746. The van der Waals surface area contributed by atoms with Gasteiger partial charge >= 0.3 is 0 Å². The van der Waals surface area contributed by atoms with Crippen LogP contribution in [0.4, 0.5) is 14.6 Å². The molecule has 2 N–H and O–H groups in total. The van der Waals surface area contributed by atoms with Crippen molar-refractivity contribution < 1.29 is 8.78 Å². The van der Waals surface area contributed by atoms with E-state index in [1.165, 1.54) is 6.07 Å². The van der Waals surface area contributed by atoms with Gasteiger partial charge in [-0.15, -0.1) is 0 Å². The molecule has 0 aliphatic heterocycles. The minimum atomic E-state index is -0.493. The number of hydrogen-bond donors (Lipinski definition) is 2. The number of anilines is 1. The number of nitrogens with zero attached hydrogens (tertiary/aromatic N) is 2. The highest BCUT2D eigenvalue weighted by molar-refractivity contribution is 5.55. The number of nitrogens with one attached hydrogen (secondary N) is 2. The molecule has 128 valence electrons. The van der Waals surface area contributed by atoms with Crippen LogP contribution in [0.5, 0.6) is 0 Å². The molecule has 2 heterocycles. The van der Waals surface area contributed by atoms with Gasteiger partial charge in [0.25, 0.3) is 5.56 Å². The lowest BCUT2D eigenvalue weighted by molar-refractivity contribution is 0.587. The first-order chi connectivity index (χ1) is 12.0. The summed E-state index contributed by atoms with van der Waals surface area (Å²) in [6.45, 7) is 2.03. The van der Waals surface area contributed by atoms with Gasteiger partial charge in [-0.25, -0.2) is 18.7 Å². The Morgan fingerprint density at radius 2 is 2.00 bits per heavy atom. The Balaban J connectivity index is 1.75. The molecule has 0 saturated carbocycles. The molecule has 0 aliphatic rings. The third-order valence-electron chi connectivity index (χ3n) is 3.66. The molecule has 0 aliphatic carbocycles. The number of aryl methyl sites for hydroxylation is 1. The Kier molecular flexibility index (Phi) is 4.83. The zero-order valence-corrected chi connectivity index (χ0v) is 13.5. The molecule has 3 aromatic rings. The molecule has 1 aromatic carbocycles. The molecule has 0 spiro atoms. The highest BCUT2D eigenvalue weighted by Gasteiger charge is 2.06. The van der Waals surface area contributed by atoms with Gasteiger partial charge in [0.15, 0.2) is 0 Å². The van der Waals surface area contributed by atoms with Crippen LogP contribution >= 0.6 is 0 Å². The molecule has 25 heavy (non-hydrogen) atoms. The van der Waals surface area contributed by atoms with Gasteiger partial charge in [0, 0.05) is 35.6 Å². The number of benzene rings is 1. The van der Waals surface area contributed by atoms with Gasteiger partial charge in [-0.1, -0.05) is 6.92 Å². The van der Waals surface area contributed by atoms with Gasteiger partial charge in [-0.05, 0) is 36.8 Å². The van der Waals surface area contributed by atoms with Crippen molar-refractivity contribution in [3.05, 3.63) is 75.8 Å². The topological polar surface area (TPSA) is 70.7 Å². The SMILES string of the molecule is CCc1cc(=O)[nH]c(-c2ccc(NCc3cc(F)ccc3F)nc2)n1. The molecule has 0 atom stereocenters. The third kappa shape index (κ3) is 4.06. The Hall–Kier alpha value is -3.09. The molecule has 0 bridgehead atoms. The summed E-state index contributed by atoms with van der Waals surface area (Å²) >= 11 is 0. The monoisotopic (exact) mass is 342 g/mol. The minimum Gasteiger partial charge on any atom is -0.366 e. The lowest BCUT2D eigenvalue weighted by atomic mass is 10.2. The van der Waals surface area contributed by atoms with E-state index in [1.807, 2.05) is 6.92 Å². The largest absolute Gasteiger partial charge is 0.366 e. The molecule has 0 saturated heterocycles. The number of halogens is 2. The van der Waals surface area contributed by atoms with E-state index in [4.69, 9.17) is 0 Å². The second-order valence-electron chi connectivity index (χ2n) is 5.46. The number of pyridine rings is 1. The maximum atomic E-state index is 13.6. The van der Waals surface area contributed by atoms with Crippen LogP contribution in [0, 0.1) is 11.6 Å². The molecule has 0 radical (unpaired) electrons.